The normalized spacial score (nSPS) is 17.5. The minimum Gasteiger partial charge on any atom is -0.495 e. The topological polar surface area (TPSA) is 126 Å². The summed E-state index contributed by atoms with van der Waals surface area (Å²) in [4.78, 5) is 15.6. The lowest BCUT2D eigenvalue weighted by molar-refractivity contribution is -0.123. The van der Waals surface area contributed by atoms with Crippen LogP contribution in [0.2, 0.25) is 0 Å². The van der Waals surface area contributed by atoms with Gasteiger partial charge < -0.3 is 9.72 Å². The molecule has 2 aromatic carbocycles. The minimum absolute atomic E-state index is 0.0385. The number of fused-ring (bicyclic) bond motifs is 1. The standard InChI is InChI=1S/C22H25N3O6S2/c1-22(2)14-32(27,28)25(21(22)26)16-8-9-19(31-3)20(12-16)33(29,30)24-11-10-15-13-23-18-7-5-4-6-17(15)18/h4-9,12-13,23-24H,10-11,14H2,1-3H3. The van der Waals surface area contributed by atoms with E-state index in [9.17, 15) is 21.6 Å². The molecule has 0 saturated carbocycles. The molecule has 1 aliphatic rings. The number of aromatic nitrogens is 1. The van der Waals surface area contributed by atoms with Crippen LogP contribution in [0.1, 0.15) is 19.4 Å². The molecule has 4 rings (SSSR count). The van der Waals surface area contributed by atoms with Gasteiger partial charge in [0.25, 0.3) is 0 Å². The highest BCUT2D eigenvalue weighted by atomic mass is 32.2. The maximum absolute atomic E-state index is 13.1. The third kappa shape index (κ3) is 4.23. The van der Waals surface area contributed by atoms with Crippen LogP contribution in [0.4, 0.5) is 5.69 Å². The number of amides is 1. The SMILES string of the molecule is COc1ccc(N2C(=O)C(C)(C)CS2(=O)=O)cc1S(=O)(=O)NCCc1c[nH]c2ccccc12. The molecular formula is C22H25N3O6S2. The number of aromatic amines is 1. The third-order valence-electron chi connectivity index (χ3n) is 5.62. The summed E-state index contributed by atoms with van der Waals surface area (Å²) in [6.07, 6.45) is 2.28. The molecule has 2 N–H and O–H groups in total. The second kappa shape index (κ2) is 8.15. The molecule has 0 bridgehead atoms. The monoisotopic (exact) mass is 491 g/mol. The Morgan fingerprint density at radius 3 is 2.58 bits per heavy atom. The van der Waals surface area contributed by atoms with E-state index in [1.54, 1.807) is 13.8 Å². The Morgan fingerprint density at radius 1 is 1.18 bits per heavy atom. The molecule has 1 fully saturated rings. The highest BCUT2D eigenvalue weighted by Gasteiger charge is 2.50. The quantitative estimate of drug-likeness (QED) is 0.523. The molecule has 0 spiro atoms. The van der Waals surface area contributed by atoms with Gasteiger partial charge in [0.2, 0.25) is 26.0 Å². The number of nitrogens with zero attached hydrogens (tertiary/aromatic N) is 1. The van der Waals surface area contributed by atoms with Gasteiger partial charge in [-0.05, 0) is 50.1 Å². The Bertz CT molecular complexity index is 1440. The molecule has 1 amide bonds. The lowest BCUT2D eigenvalue weighted by Crippen LogP contribution is -2.33. The number of nitrogens with one attached hydrogen (secondary N) is 2. The summed E-state index contributed by atoms with van der Waals surface area (Å²) < 4.78 is 59.8. The van der Waals surface area contributed by atoms with Crippen molar-refractivity contribution in [2.45, 2.75) is 25.2 Å². The smallest absolute Gasteiger partial charge is 0.247 e. The van der Waals surface area contributed by atoms with Gasteiger partial charge in [-0.2, -0.15) is 0 Å². The third-order valence-corrected chi connectivity index (χ3v) is 9.12. The number of ether oxygens (including phenoxy) is 1. The second-order valence-corrected chi connectivity index (χ2v) is 12.1. The first-order valence-corrected chi connectivity index (χ1v) is 13.4. The van der Waals surface area contributed by atoms with Crippen molar-refractivity contribution in [3.8, 4) is 5.75 Å². The number of anilines is 1. The highest BCUT2D eigenvalue weighted by Crippen LogP contribution is 2.38. The van der Waals surface area contributed by atoms with Crippen molar-refractivity contribution in [1.82, 2.24) is 9.71 Å². The Labute approximate surface area is 192 Å². The summed E-state index contributed by atoms with van der Waals surface area (Å²) in [5.41, 5.74) is 0.785. The summed E-state index contributed by atoms with van der Waals surface area (Å²) in [7, 11) is -6.66. The van der Waals surface area contributed by atoms with Gasteiger partial charge in [0.1, 0.15) is 10.6 Å². The second-order valence-electron chi connectivity index (χ2n) is 8.55. The average Bonchev–Trinajstić information content (AvgIpc) is 3.22. The zero-order chi connectivity index (χ0) is 24.0. The van der Waals surface area contributed by atoms with Gasteiger partial charge >= 0.3 is 0 Å². The molecule has 11 heteroatoms. The van der Waals surface area contributed by atoms with Crippen LogP contribution in [-0.4, -0.2) is 47.1 Å². The van der Waals surface area contributed by atoms with Gasteiger partial charge in [-0.15, -0.1) is 0 Å². The van der Waals surface area contributed by atoms with E-state index in [0.717, 1.165) is 22.5 Å². The molecule has 2 heterocycles. The van der Waals surface area contributed by atoms with Gasteiger partial charge in [-0.3, -0.25) is 4.79 Å². The number of sulfonamides is 2. The van der Waals surface area contributed by atoms with E-state index in [1.807, 2.05) is 30.5 Å². The van der Waals surface area contributed by atoms with Crippen LogP contribution in [0.25, 0.3) is 10.9 Å². The number of para-hydroxylation sites is 1. The van der Waals surface area contributed by atoms with Gasteiger partial charge in [0.15, 0.2) is 0 Å². The van der Waals surface area contributed by atoms with Gasteiger partial charge in [0, 0.05) is 23.6 Å². The summed E-state index contributed by atoms with van der Waals surface area (Å²) >= 11 is 0. The lowest BCUT2D eigenvalue weighted by atomic mass is 9.95. The molecule has 0 aliphatic carbocycles. The maximum atomic E-state index is 13.1. The van der Waals surface area contributed by atoms with Crippen molar-refractivity contribution in [3.63, 3.8) is 0 Å². The van der Waals surface area contributed by atoms with Crippen molar-refractivity contribution in [3.05, 3.63) is 54.2 Å². The number of benzene rings is 2. The molecule has 1 aromatic heterocycles. The Hall–Kier alpha value is -2.89. The van der Waals surface area contributed by atoms with E-state index in [2.05, 4.69) is 9.71 Å². The molecule has 176 valence electrons. The van der Waals surface area contributed by atoms with Crippen molar-refractivity contribution < 1.29 is 26.4 Å². The molecule has 33 heavy (non-hydrogen) atoms. The fourth-order valence-electron chi connectivity index (χ4n) is 4.00. The first-order chi connectivity index (χ1) is 15.5. The number of hydrogen-bond acceptors (Lipinski definition) is 6. The van der Waals surface area contributed by atoms with Crippen molar-refractivity contribution >= 4 is 42.5 Å². The van der Waals surface area contributed by atoms with Crippen molar-refractivity contribution in [2.24, 2.45) is 5.41 Å². The molecule has 9 nitrogen and oxygen atoms in total. The van der Waals surface area contributed by atoms with Crippen LogP contribution >= 0.6 is 0 Å². The largest absolute Gasteiger partial charge is 0.495 e. The molecule has 0 atom stereocenters. The lowest BCUT2D eigenvalue weighted by Gasteiger charge is -2.19. The van der Waals surface area contributed by atoms with E-state index in [1.165, 1.54) is 19.2 Å². The average molecular weight is 492 g/mol. The number of rotatable bonds is 7. The molecule has 1 aliphatic heterocycles. The number of hydrogen-bond donors (Lipinski definition) is 2. The van der Waals surface area contributed by atoms with E-state index in [0.29, 0.717) is 10.7 Å². The van der Waals surface area contributed by atoms with Crippen LogP contribution < -0.4 is 13.8 Å². The zero-order valence-electron chi connectivity index (χ0n) is 18.5. The fraction of sp³-hybridized carbons (Fsp3) is 0.318. The Balaban J connectivity index is 1.61. The van der Waals surface area contributed by atoms with E-state index in [4.69, 9.17) is 4.74 Å². The zero-order valence-corrected chi connectivity index (χ0v) is 20.1. The van der Waals surface area contributed by atoms with Crippen LogP contribution in [0.3, 0.4) is 0 Å². The minimum atomic E-state index is -4.06. The molecular weight excluding hydrogens is 466 g/mol. The molecule has 1 saturated heterocycles. The van der Waals surface area contributed by atoms with Gasteiger partial charge in [-0.25, -0.2) is 25.9 Å². The highest BCUT2D eigenvalue weighted by molar-refractivity contribution is 7.94. The summed E-state index contributed by atoms with van der Waals surface area (Å²) in [6.45, 7) is 3.20. The summed E-state index contributed by atoms with van der Waals surface area (Å²) in [5.74, 6) is -0.916. The number of methoxy groups -OCH3 is 1. The predicted octanol–water partition coefficient (Wildman–Crippen LogP) is 2.40. The van der Waals surface area contributed by atoms with Crippen LogP contribution in [0, 0.1) is 5.41 Å². The first kappa shape index (κ1) is 23.3. The summed E-state index contributed by atoms with van der Waals surface area (Å²) in [6, 6.07) is 11.6. The molecule has 0 radical (unpaired) electrons. The van der Waals surface area contributed by atoms with Gasteiger partial charge in [-0.1, -0.05) is 18.2 Å². The van der Waals surface area contributed by atoms with Crippen molar-refractivity contribution in [1.29, 1.82) is 0 Å². The van der Waals surface area contributed by atoms with E-state index < -0.39 is 31.4 Å². The van der Waals surface area contributed by atoms with Crippen LogP contribution in [-0.2, 0) is 31.3 Å². The first-order valence-electron chi connectivity index (χ1n) is 10.3. The maximum Gasteiger partial charge on any atom is 0.247 e. The van der Waals surface area contributed by atoms with Gasteiger partial charge in [0.05, 0.1) is 24.0 Å². The summed E-state index contributed by atoms with van der Waals surface area (Å²) in [5, 5.41) is 1.01. The number of carbonyl (C=O) groups excluding carboxylic acids is 1. The fourth-order valence-corrected chi connectivity index (χ4v) is 7.32. The van der Waals surface area contributed by atoms with E-state index >= 15 is 0 Å². The molecule has 3 aromatic rings. The van der Waals surface area contributed by atoms with Crippen LogP contribution in [0.15, 0.2) is 53.6 Å². The van der Waals surface area contributed by atoms with E-state index in [-0.39, 0.29) is 28.6 Å². The van der Waals surface area contributed by atoms with Crippen molar-refractivity contribution in [2.75, 3.05) is 23.7 Å². The molecule has 0 unspecified atom stereocenters. The predicted molar refractivity (Wildman–Crippen MR) is 125 cm³/mol. The Morgan fingerprint density at radius 2 is 1.91 bits per heavy atom. The number of carbonyl (C=O) groups is 1. The number of H-pyrrole nitrogens is 1. The Kier molecular flexibility index (Phi) is 5.75. The van der Waals surface area contributed by atoms with Crippen LogP contribution in [0.5, 0.6) is 5.75 Å².